The SMILES string of the molecule is Cc1ccc(CSc2nnc3c(n2)O[C@H](c2ccccc2OCC(=O)[O-])Nc2ccccc2-3)cc1. The van der Waals surface area contributed by atoms with E-state index in [0.717, 1.165) is 16.8 Å². The van der Waals surface area contributed by atoms with Crippen molar-refractivity contribution < 1.29 is 19.4 Å². The molecule has 0 fully saturated rings. The molecular formula is C26H21N4O4S-. The molecule has 35 heavy (non-hydrogen) atoms. The molecule has 1 N–H and O–H groups in total. The fraction of sp³-hybridized carbons (Fsp3) is 0.154. The van der Waals surface area contributed by atoms with Gasteiger partial charge in [0.1, 0.15) is 12.4 Å². The molecule has 1 aromatic heterocycles. The molecule has 0 spiro atoms. The van der Waals surface area contributed by atoms with Crippen LogP contribution in [0.4, 0.5) is 5.69 Å². The van der Waals surface area contributed by atoms with Gasteiger partial charge in [0.05, 0.1) is 11.5 Å². The van der Waals surface area contributed by atoms with Gasteiger partial charge in [0.15, 0.2) is 5.69 Å². The van der Waals surface area contributed by atoms with E-state index in [1.54, 1.807) is 18.2 Å². The molecule has 9 heteroatoms. The van der Waals surface area contributed by atoms with Gasteiger partial charge in [-0.2, -0.15) is 4.98 Å². The second-order valence-corrected chi connectivity index (χ2v) is 8.85. The van der Waals surface area contributed by atoms with E-state index in [2.05, 4.69) is 51.7 Å². The molecule has 5 rings (SSSR count). The number of aliphatic carboxylic acids is 1. The van der Waals surface area contributed by atoms with E-state index in [0.29, 0.717) is 33.8 Å². The maximum absolute atomic E-state index is 11.0. The monoisotopic (exact) mass is 485 g/mol. The number of carbonyl (C=O) groups excluding carboxylic acids is 1. The number of carboxylic acid groups (broad SMARTS) is 1. The summed E-state index contributed by atoms with van der Waals surface area (Å²) < 4.78 is 11.8. The highest BCUT2D eigenvalue weighted by atomic mass is 32.2. The average Bonchev–Trinajstić information content (AvgIpc) is 3.04. The fourth-order valence-electron chi connectivity index (χ4n) is 3.65. The van der Waals surface area contributed by atoms with Gasteiger partial charge in [0.2, 0.25) is 17.3 Å². The third-order valence-corrected chi connectivity index (χ3v) is 6.28. The number of benzene rings is 3. The van der Waals surface area contributed by atoms with E-state index in [1.807, 2.05) is 30.3 Å². The van der Waals surface area contributed by atoms with Crippen molar-refractivity contribution in [1.82, 2.24) is 15.2 Å². The van der Waals surface area contributed by atoms with E-state index in [-0.39, 0.29) is 0 Å². The Morgan fingerprint density at radius 3 is 2.66 bits per heavy atom. The largest absolute Gasteiger partial charge is 0.546 e. The first-order valence-electron chi connectivity index (χ1n) is 10.9. The number of anilines is 1. The van der Waals surface area contributed by atoms with E-state index in [4.69, 9.17) is 9.47 Å². The second-order valence-electron chi connectivity index (χ2n) is 7.91. The Hall–Kier alpha value is -4.11. The molecule has 0 saturated heterocycles. The van der Waals surface area contributed by atoms with Crippen LogP contribution in [0, 0.1) is 6.92 Å². The molecule has 0 unspecified atom stereocenters. The van der Waals surface area contributed by atoms with Gasteiger partial charge >= 0.3 is 0 Å². The van der Waals surface area contributed by atoms with Crippen LogP contribution in [0.15, 0.2) is 78.0 Å². The van der Waals surface area contributed by atoms with Crippen molar-refractivity contribution in [2.75, 3.05) is 11.9 Å². The number of aryl methyl sites for hydroxylation is 1. The molecule has 1 atom stereocenters. The fourth-order valence-corrected chi connectivity index (χ4v) is 4.38. The number of fused-ring (bicyclic) bond motifs is 3. The summed E-state index contributed by atoms with van der Waals surface area (Å²) >= 11 is 1.47. The molecule has 0 radical (unpaired) electrons. The Morgan fingerprint density at radius 2 is 1.83 bits per heavy atom. The maximum atomic E-state index is 11.0. The molecule has 8 nitrogen and oxygen atoms in total. The quantitative estimate of drug-likeness (QED) is 0.391. The predicted molar refractivity (Wildman–Crippen MR) is 130 cm³/mol. The Morgan fingerprint density at radius 1 is 1.06 bits per heavy atom. The minimum atomic E-state index is -1.31. The molecule has 2 heterocycles. The van der Waals surface area contributed by atoms with E-state index in [9.17, 15) is 9.90 Å². The molecule has 1 aliphatic heterocycles. The topological polar surface area (TPSA) is 109 Å². The Labute approximate surface area is 206 Å². The lowest BCUT2D eigenvalue weighted by atomic mass is 10.1. The standard InChI is InChI=1S/C26H22N4O4S/c1-16-10-12-17(13-11-16)15-35-26-28-25-23(29-30-26)18-6-2-4-8-20(18)27-24(34-25)19-7-3-5-9-21(19)33-14-22(31)32/h2-13,24,27H,14-15H2,1H3,(H,31,32)/p-1/t24-/m1/s1. The molecule has 0 saturated carbocycles. The van der Waals surface area contributed by atoms with E-state index in [1.165, 1.54) is 17.3 Å². The van der Waals surface area contributed by atoms with Crippen LogP contribution >= 0.6 is 11.8 Å². The highest BCUT2D eigenvalue weighted by Crippen LogP contribution is 2.41. The number of hydrogen-bond acceptors (Lipinski definition) is 9. The smallest absolute Gasteiger partial charge is 0.247 e. The van der Waals surface area contributed by atoms with Gasteiger partial charge in [-0.05, 0) is 30.7 Å². The van der Waals surface area contributed by atoms with Crippen molar-refractivity contribution >= 4 is 23.4 Å². The zero-order valence-corrected chi connectivity index (χ0v) is 19.6. The third kappa shape index (κ3) is 5.20. The second kappa shape index (κ2) is 10.0. The first-order chi connectivity index (χ1) is 17.1. The first-order valence-corrected chi connectivity index (χ1v) is 11.9. The summed E-state index contributed by atoms with van der Waals surface area (Å²) in [6.07, 6.45) is -0.706. The van der Waals surface area contributed by atoms with Crippen molar-refractivity contribution in [3.8, 4) is 22.9 Å². The van der Waals surface area contributed by atoms with E-state index >= 15 is 0 Å². The molecule has 0 aliphatic carbocycles. The summed E-state index contributed by atoms with van der Waals surface area (Å²) in [6.45, 7) is 1.48. The van der Waals surface area contributed by atoms with Crippen molar-refractivity contribution in [1.29, 1.82) is 0 Å². The van der Waals surface area contributed by atoms with Crippen LogP contribution in [0.5, 0.6) is 11.6 Å². The van der Waals surface area contributed by atoms with Gasteiger partial charge in [-0.1, -0.05) is 71.9 Å². The molecule has 1 aliphatic rings. The number of thioether (sulfide) groups is 1. The van der Waals surface area contributed by atoms with Gasteiger partial charge in [0, 0.05) is 17.0 Å². The highest BCUT2D eigenvalue weighted by molar-refractivity contribution is 7.98. The number of para-hydroxylation sites is 2. The summed E-state index contributed by atoms with van der Waals surface area (Å²) in [4.78, 5) is 15.6. The molecular weight excluding hydrogens is 464 g/mol. The number of carboxylic acids is 1. The van der Waals surface area contributed by atoms with Crippen molar-refractivity contribution in [2.45, 2.75) is 24.1 Å². The van der Waals surface area contributed by atoms with Crippen LogP contribution in [-0.2, 0) is 10.5 Å². The summed E-state index contributed by atoms with van der Waals surface area (Å²) in [6, 6.07) is 23.0. The summed E-state index contributed by atoms with van der Waals surface area (Å²) in [5, 5.41) is 23.6. The highest BCUT2D eigenvalue weighted by Gasteiger charge is 2.27. The zero-order chi connectivity index (χ0) is 24.2. The summed E-state index contributed by atoms with van der Waals surface area (Å²) in [5.74, 6) is 0.0749. The molecule has 3 aromatic carbocycles. The van der Waals surface area contributed by atoms with Crippen LogP contribution in [-0.4, -0.2) is 27.8 Å². The van der Waals surface area contributed by atoms with Crippen LogP contribution < -0.4 is 19.9 Å². The Balaban J connectivity index is 1.48. The zero-order valence-electron chi connectivity index (χ0n) is 18.8. The van der Waals surface area contributed by atoms with Crippen LogP contribution in [0.25, 0.3) is 11.3 Å². The first kappa shape index (κ1) is 22.7. The van der Waals surface area contributed by atoms with E-state index < -0.39 is 18.8 Å². The van der Waals surface area contributed by atoms with Crippen molar-refractivity contribution in [2.24, 2.45) is 0 Å². The van der Waals surface area contributed by atoms with Gasteiger partial charge in [-0.15, -0.1) is 10.2 Å². The lowest BCUT2D eigenvalue weighted by Gasteiger charge is -2.22. The lowest BCUT2D eigenvalue weighted by Crippen LogP contribution is -2.29. The minimum Gasteiger partial charge on any atom is -0.546 e. The van der Waals surface area contributed by atoms with Gasteiger partial charge in [-0.25, -0.2) is 0 Å². The average molecular weight is 486 g/mol. The predicted octanol–water partition coefficient (Wildman–Crippen LogP) is 3.77. The molecule has 4 aromatic rings. The summed E-state index contributed by atoms with van der Waals surface area (Å²) in [5.41, 5.74) is 5.07. The van der Waals surface area contributed by atoms with Gasteiger partial charge in [0.25, 0.3) is 0 Å². The number of carbonyl (C=O) groups is 1. The van der Waals surface area contributed by atoms with Gasteiger partial charge in [-0.3, -0.25) is 0 Å². The minimum absolute atomic E-state index is 0.323. The number of ether oxygens (including phenoxy) is 2. The number of hydrogen-bond donors (Lipinski definition) is 1. The summed E-state index contributed by atoms with van der Waals surface area (Å²) in [7, 11) is 0. The number of nitrogens with one attached hydrogen (secondary N) is 1. The van der Waals surface area contributed by atoms with Crippen LogP contribution in [0.3, 0.4) is 0 Å². The van der Waals surface area contributed by atoms with Crippen LogP contribution in [0.2, 0.25) is 0 Å². The number of aromatic nitrogens is 3. The van der Waals surface area contributed by atoms with Gasteiger partial charge < -0.3 is 24.7 Å². The normalized spacial score (nSPS) is 14.0. The Bertz CT molecular complexity index is 1360. The lowest BCUT2D eigenvalue weighted by molar-refractivity contribution is -0.307. The maximum Gasteiger partial charge on any atom is 0.247 e. The van der Waals surface area contributed by atoms with Crippen molar-refractivity contribution in [3.05, 3.63) is 89.5 Å². The Kier molecular flexibility index (Phi) is 6.49. The molecule has 176 valence electrons. The van der Waals surface area contributed by atoms with Crippen LogP contribution in [0.1, 0.15) is 22.9 Å². The molecule has 0 amide bonds. The third-order valence-electron chi connectivity index (χ3n) is 5.37. The number of nitrogens with zero attached hydrogens (tertiary/aromatic N) is 3. The molecule has 0 bridgehead atoms. The number of rotatable bonds is 7. The van der Waals surface area contributed by atoms with Crippen molar-refractivity contribution in [3.63, 3.8) is 0 Å².